The number of hydrogen-bond donors (Lipinski definition) is 2. The molecule has 1 aliphatic carbocycles. The number of aliphatic carboxylic acids is 1. The van der Waals surface area contributed by atoms with Crippen LogP contribution in [0.5, 0.6) is 0 Å². The average molecular weight is 234 g/mol. The molecule has 2 rings (SSSR count). The molecule has 2 atom stereocenters. The molecule has 2 N–H and O–H groups in total. The van der Waals surface area contributed by atoms with Crippen LogP contribution in [0, 0.1) is 11.8 Å². The van der Waals surface area contributed by atoms with E-state index in [1.165, 1.54) is 0 Å². The van der Waals surface area contributed by atoms with Gasteiger partial charge in [-0.25, -0.2) is 0 Å². The van der Waals surface area contributed by atoms with E-state index < -0.39 is 11.9 Å². The lowest BCUT2D eigenvalue weighted by molar-refractivity contribution is -0.140. The van der Waals surface area contributed by atoms with Crippen LogP contribution in [0.3, 0.4) is 0 Å². The monoisotopic (exact) mass is 234 g/mol. The predicted octanol–water partition coefficient (Wildman–Crippen LogP) is 0.461. The summed E-state index contributed by atoms with van der Waals surface area (Å²) in [6, 6.07) is 5.62. The highest BCUT2D eigenvalue weighted by atomic mass is 16.4. The number of nitrogens with one attached hydrogen (secondary N) is 1. The molecule has 0 saturated heterocycles. The first-order chi connectivity index (χ1) is 8.18. The molecule has 5 heteroatoms. The Morgan fingerprint density at radius 1 is 1.41 bits per heavy atom. The fraction of sp³-hybridized carbons (Fsp3) is 0.417. The summed E-state index contributed by atoms with van der Waals surface area (Å²) >= 11 is 0. The fourth-order valence-electron chi connectivity index (χ4n) is 1.75. The quantitative estimate of drug-likeness (QED) is 0.775. The molecule has 0 bridgehead atoms. The third-order valence-corrected chi connectivity index (χ3v) is 2.85. The number of carbonyl (C=O) groups is 2. The summed E-state index contributed by atoms with van der Waals surface area (Å²) in [5.41, 5.74) is 0.915. The first kappa shape index (κ1) is 11.6. The van der Waals surface area contributed by atoms with Crippen molar-refractivity contribution in [1.29, 1.82) is 0 Å². The number of nitrogens with zero attached hydrogens (tertiary/aromatic N) is 1. The standard InChI is InChI=1S/C12H14N2O3/c15-11(9-7-10(9)12(16)17)14-6-4-8-3-1-2-5-13-8/h1-3,5,9-10H,4,6-7H2,(H,14,15)(H,16,17). The molecule has 1 fully saturated rings. The van der Waals surface area contributed by atoms with E-state index in [1.807, 2.05) is 18.2 Å². The summed E-state index contributed by atoms with van der Waals surface area (Å²) in [5, 5.41) is 11.4. The molecule has 1 saturated carbocycles. The minimum absolute atomic E-state index is 0.159. The Morgan fingerprint density at radius 2 is 2.24 bits per heavy atom. The van der Waals surface area contributed by atoms with E-state index in [0.717, 1.165) is 5.69 Å². The Balaban J connectivity index is 1.70. The van der Waals surface area contributed by atoms with E-state index in [4.69, 9.17) is 5.11 Å². The Morgan fingerprint density at radius 3 is 2.82 bits per heavy atom. The van der Waals surface area contributed by atoms with Crippen molar-refractivity contribution in [2.24, 2.45) is 11.8 Å². The highest BCUT2D eigenvalue weighted by Gasteiger charge is 2.48. The second kappa shape index (κ2) is 4.95. The third-order valence-electron chi connectivity index (χ3n) is 2.85. The van der Waals surface area contributed by atoms with Crippen LogP contribution in [-0.4, -0.2) is 28.5 Å². The number of carboxylic acids is 1. The molecule has 0 aromatic carbocycles. The van der Waals surface area contributed by atoms with E-state index in [0.29, 0.717) is 19.4 Å². The first-order valence-corrected chi connectivity index (χ1v) is 5.59. The normalized spacial score (nSPS) is 21.9. The molecule has 1 aromatic heterocycles. The van der Waals surface area contributed by atoms with Crippen molar-refractivity contribution in [3.8, 4) is 0 Å². The Kier molecular flexibility index (Phi) is 3.37. The molecule has 5 nitrogen and oxygen atoms in total. The predicted molar refractivity (Wildman–Crippen MR) is 60.2 cm³/mol. The van der Waals surface area contributed by atoms with Gasteiger partial charge in [-0.2, -0.15) is 0 Å². The van der Waals surface area contributed by atoms with Gasteiger partial charge in [-0.1, -0.05) is 6.07 Å². The lowest BCUT2D eigenvalue weighted by Crippen LogP contribution is -2.28. The minimum Gasteiger partial charge on any atom is -0.481 e. The summed E-state index contributed by atoms with van der Waals surface area (Å²) in [6.07, 6.45) is 2.83. The molecule has 0 spiro atoms. The highest BCUT2D eigenvalue weighted by molar-refractivity contribution is 5.89. The van der Waals surface area contributed by atoms with Gasteiger partial charge in [-0.3, -0.25) is 14.6 Å². The van der Waals surface area contributed by atoms with Gasteiger partial charge in [-0.15, -0.1) is 0 Å². The van der Waals surface area contributed by atoms with E-state index in [-0.39, 0.29) is 11.8 Å². The van der Waals surface area contributed by atoms with E-state index in [9.17, 15) is 9.59 Å². The molecule has 90 valence electrons. The molecule has 1 heterocycles. The van der Waals surface area contributed by atoms with Gasteiger partial charge in [0.05, 0.1) is 11.8 Å². The Bertz CT molecular complexity index is 419. The van der Waals surface area contributed by atoms with Crippen LogP contribution >= 0.6 is 0 Å². The lowest BCUT2D eigenvalue weighted by Gasteiger charge is -2.03. The topological polar surface area (TPSA) is 79.3 Å². The van der Waals surface area contributed by atoms with Gasteiger partial charge in [0.2, 0.25) is 5.91 Å². The highest BCUT2D eigenvalue weighted by Crippen LogP contribution is 2.38. The summed E-state index contributed by atoms with van der Waals surface area (Å²) in [6.45, 7) is 0.499. The largest absolute Gasteiger partial charge is 0.481 e. The Hall–Kier alpha value is -1.91. The van der Waals surface area contributed by atoms with Crippen molar-refractivity contribution in [3.63, 3.8) is 0 Å². The van der Waals surface area contributed by atoms with Gasteiger partial charge in [0.25, 0.3) is 0 Å². The van der Waals surface area contributed by atoms with Crippen molar-refractivity contribution < 1.29 is 14.7 Å². The number of pyridine rings is 1. The fourth-order valence-corrected chi connectivity index (χ4v) is 1.75. The van der Waals surface area contributed by atoms with E-state index >= 15 is 0 Å². The minimum atomic E-state index is -0.880. The molecule has 1 aliphatic rings. The number of aromatic nitrogens is 1. The summed E-state index contributed by atoms with van der Waals surface area (Å²) in [4.78, 5) is 26.2. The van der Waals surface area contributed by atoms with Crippen LogP contribution in [0.2, 0.25) is 0 Å². The zero-order valence-corrected chi connectivity index (χ0v) is 9.30. The van der Waals surface area contributed by atoms with Crippen LogP contribution in [0.25, 0.3) is 0 Å². The van der Waals surface area contributed by atoms with Gasteiger partial charge in [0.15, 0.2) is 0 Å². The second-order valence-electron chi connectivity index (χ2n) is 4.15. The SMILES string of the molecule is O=C(O)C1CC1C(=O)NCCc1ccccn1. The number of carboxylic acid groups (broad SMARTS) is 1. The third kappa shape index (κ3) is 3.03. The van der Waals surface area contributed by atoms with Crippen LogP contribution in [0.15, 0.2) is 24.4 Å². The maximum Gasteiger partial charge on any atom is 0.307 e. The summed E-state index contributed by atoms with van der Waals surface area (Å²) in [5.74, 6) is -1.86. The van der Waals surface area contributed by atoms with Crippen LogP contribution < -0.4 is 5.32 Å². The average Bonchev–Trinajstić information content (AvgIpc) is 3.10. The second-order valence-corrected chi connectivity index (χ2v) is 4.15. The number of rotatable bonds is 5. The van der Waals surface area contributed by atoms with E-state index in [1.54, 1.807) is 6.20 Å². The van der Waals surface area contributed by atoms with Gasteiger partial charge >= 0.3 is 5.97 Å². The molecule has 2 unspecified atom stereocenters. The van der Waals surface area contributed by atoms with Crippen molar-refractivity contribution in [1.82, 2.24) is 10.3 Å². The summed E-state index contributed by atoms with van der Waals surface area (Å²) < 4.78 is 0. The molecular formula is C12H14N2O3. The van der Waals surface area contributed by atoms with Gasteiger partial charge in [-0.05, 0) is 18.6 Å². The van der Waals surface area contributed by atoms with Gasteiger partial charge in [0.1, 0.15) is 0 Å². The maximum atomic E-state index is 11.5. The first-order valence-electron chi connectivity index (χ1n) is 5.59. The molecule has 0 radical (unpaired) electrons. The van der Waals surface area contributed by atoms with Gasteiger partial charge in [0, 0.05) is 24.9 Å². The van der Waals surface area contributed by atoms with Crippen LogP contribution in [0.4, 0.5) is 0 Å². The zero-order chi connectivity index (χ0) is 12.3. The smallest absolute Gasteiger partial charge is 0.307 e. The number of hydrogen-bond acceptors (Lipinski definition) is 3. The summed E-state index contributed by atoms with van der Waals surface area (Å²) in [7, 11) is 0. The maximum absolute atomic E-state index is 11.5. The van der Waals surface area contributed by atoms with Crippen molar-refractivity contribution >= 4 is 11.9 Å². The van der Waals surface area contributed by atoms with Crippen molar-refractivity contribution in [2.45, 2.75) is 12.8 Å². The number of amides is 1. The Labute approximate surface area is 98.9 Å². The lowest BCUT2D eigenvalue weighted by atomic mass is 10.2. The molecule has 1 aromatic rings. The van der Waals surface area contributed by atoms with Crippen molar-refractivity contribution in [2.75, 3.05) is 6.54 Å². The van der Waals surface area contributed by atoms with E-state index in [2.05, 4.69) is 10.3 Å². The molecule has 1 amide bonds. The van der Waals surface area contributed by atoms with Crippen LogP contribution in [-0.2, 0) is 16.0 Å². The molecule has 0 aliphatic heterocycles. The van der Waals surface area contributed by atoms with Crippen molar-refractivity contribution in [3.05, 3.63) is 30.1 Å². The molecular weight excluding hydrogens is 220 g/mol. The van der Waals surface area contributed by atoms with Gasteiger partial charge < -0.3 is 10.4 Å². The molecule has 17 heavy (non-hydrogen) atoms. The van der Waals surface area contributed by atoms with Crippen LogP contribution in [0.1, 0.15) is 12.1 Å². The zero-order valence-electron chi connectivity index (χ0n) is 9.30. The number of carbonyl (C=O) groups excluding carboxylic acids is 1.